The fourth-order valence-electron chi connectivity index (χ4n) is 14.5. The van der Waals surface area contributed by atoms with Gasteiger partial charge in [0.25, 0.3) is 11.8 Å². The summed E-state index contributed by atoms with van der Waals surface area (Å²) < 4.78 is 35.9. The van der Waals surface area contributed by atoms with E-state index < -0.39 is 173 Å². The molecule has 0 radical (unpaired) electrons. The number of hydrogen-bond acceptors (Lipinski definition) is 25. The van der Waals surface area contributed by atoms with Crippen molar-refractivity contribution in [1.29, 1.82) is 0 Å². The van der Waals surface area contributed by atoms with Crippen LogP contribution in [0, 0.1) is 39.7 Å². The summed E-state index contributed by atoms with van der Waals surface area (Å²) in [5.41, 5.74) is 0.506. The van der Waals surface area contributed by atoms with Gasteiger partial charge in [0.15, 0.2) is 17.6 Å². The van der Waals surface area contributed by atoms with Gasteiger partial charge in [-0.05, 0) is 77.8 Å². The number of imide groups is 1. The summed E-state index contributed by atoms with van der Waals surface area (Å²) in [5.74, 6) is -9.85. The van der Waals surface area contributed by atoms with E-state index in [9.17, 15) is 83.6 Å². The first kappa shape index (κ1) is 91.2. The summed E-state index contributed by atoms with van der Waals surface area (Å²) in [6, 6.07) is 14.4. The molecule has 2 fully saturated rings. The number of nitrogens with one attached hydrogen (secondary N) is 1. The van der Waals surface area contributed by atoms with E-state index in [-0.39, 0.29) is 112 Å². The molecule has 0 saturated carbocycles. The molecule has 7 unspecified atom stereocenters. The SMILES string of the molecule is CC[C@@H](C)[C@H]([C@H](CC(=O)N1CCCC1[C@@H](OC)[C@H](C)C(=O)C[C@@H](C)[C@H](O)c1ccccc1)OC)N(C)C(=O)[C@H](NC(=O)[C@@H](C(C)C)N(C)C(=O)OC(Cc1cn(CCN(CC(=O)CCCOCCC(=O)O)C(=O)Cc2ccc(N3C(=O)C=CC3=O)cc2)nn1)c1ccc(OC2OC(C(=O)O)C(O)C(O)C2O)c([N+](=O)[O-])c1)C(C)C. The topological polar surface area (TPSA) is 467 Å². The Kier molecular flexibility index (Phi) is 33.9. The molecule has 114 heavy (non-hydrogen) atoms. The van der Waals surface area contributed by atoms with Gasteiger partial charge in [0.2, 0.25) is 29.9 Å². The minimum atomic E-state index is -2.15. The van der Waals surface area contributed by atoms with Crippen LogP contribution in [-0.4, -0.2) is 263 Å². The van der Waals surface area contributed by atoms with E-state index in [1.165, 1.54) is 60.1 Å². The molecule has 35 nitrogen and oxygen atoms in total. The van der Waals surface area contributed by atoms with Crippen molar-refractivity contribution in [3.05, 3.63) is 124 Å². The Bertz CT molecular complexity index is 4010. The Hall–Kier alpha value is -10.0. The summed E-state index contributed by atoms with van der Waals surface area (Å²) in [4.78, 5) is 167. The molecule has 1 aromatic heterocycles. The predicted molar refractivity (Wildman–Crippen MR) is 406 cm³/mol. The monoisotopic (exact) mass is 1600 g/mol. The quantitative estimate of drug-likeness (QED) is 0.0138. The van der Waals surface area contributed by atoms with Crippen molar-refractivity contribution < 1.29 is 117 Å². The second-order valence-electron chi connectivity index (χ2n) is 29.9. The number of nitro benzene ring substituents is 1. The number of benzene rings is 3. The van der Waals surface area contributed by atoms with Crippen LogP contribution in [0.15, 0.2) is 91.1 Å². The summed E-state index contributed by atoms with van der Waals surface area (Å²) in [5, 5.41) is 85.8. The summed E-state index contributed by atoms with van der Waals surface area (Å²) >= 11 is 0. The van der Waals surface area contributed by atoms with E-state index in [0.29, 0.717) is 36.9 Å². The van der Waals surface area contributed by atoms with Crippen LogP contribution in [0.1, 0.15) is 141 Å². The van der Waals surface area contributed by atoms with Crippen molar-refractivity contribution in [1.82, 2.24) is 39.9 Å². The van der Waals surface area contributed by atoms with Gasteiger partial charge >= 0.3 is 23.7 Å². The average molecular weight is 1600 g/mol. The van der Waals surface area contributed by atoms with Gasteiger partial charge in [-0.3, -0.25) is 62.8 Å². The number of rotatable bonds is 44. The van der Waals surface area contributed by atoms with Crippen LogP contribution < -0.4 is 15.0 Å². The van der Waals surface area contributed by atoms with Gasteiger partial charge in [-0.25, -0.2) is 14.5 Å². The predicted octanol–water partition coefficient (Wildman–Crippen LogP) is 4.57. The number of aliphatic carboxylic acids is 2. The lowest BCUT2D eigenvalue weighted by molar-refractivity contribution is -0.387. The number of carboxylic acid groups (broad SMARTS) is 2. The first-order valence-electron chi connectivity index (χ1n) is 38.1. The molecule has 16 atom stereocenters. The maximum atomic E-state index is 15.2. The number of carbonyl (C=O) groups excluding carboxylic acids is 9. The highest BCUT2D eigenvalue weighted by Gasteiger charge is 2.50. The molecule has 35 heteroatoms. The van der Waals surface area contributed by atoms with E-state index in [2.05, 4.69) is 15.6 Å². The number of likely N-dealkylation sites (tertiary alicyclic amines) is 1. The van der Waals surface area contributed by atoms with Crippen molar-refractivity contribution in [3.8, 4) is 5.75 Å². The van der Waals surface area contributed by atoms with Crippen molar-refractivity contribution in [2.24, 2.45) is 29.6 Å². The van der Waals surface area contributed by atoms with E-state index in [1.54, 1.807) is 70.8 Å². The molecular formula is C79H108N10O25. The normalized spacial score (nSPS) is 20.2. The minimum absolute atomic E-state index is 0.0464. The van der Waals surface area contributed by atoms with E-state index in [4.69, 9.17) is 33.5 Å². The van der Waals surface area contributed by atoms with Crippen LogP contribution in [0.25, 0.3) is 0 Å². The van der Waals surface area contributed by atoms with Gasteiger partial charge in [-0.2, -0.15) is 0 Å². The average Bonchev–Trinajstić information content (AvgIpc) is 1.55. The number of nitrogens with zero attached hydrogens (tertiary/aromatic N) is 9. The Morgan fingerprint density at radius 2 is 1.47 bits per heavy atom. The summed E-state index contributed by atoms with van der Waals surface area (Å²) in [7, 11) is 5.77. The number of anilines is 1. The van der Waals surface area contributed by atoms with Crippen molar-refractivity contribution in [2.45, 2.75) is 205 Å². The zero-order chi connectivity index (χ0) is 84.1. The van der Waals surface area contributed by atoms with Crippen molar-refractivity contribution in [2.75, 3.05) is 66.1 Å². The number of Topliss-reactive ketones (excluding diaryl/α,β-unsaturated/α-hetero) is 2. The van der Waals surface area contributed by atoms with Crippen LogP contribution in [-0.2, 0) is 91.0 Å². The third kappa shape index (κ3) is 23.8. The lowest BCUT2D eigenvalue weighted by Crippen LogP contribution is -2.61. The van der Waals surface area contributed by atoms with Gasteiger partial charge in [0.05, 0.1) is 85.7 Å². The first-order valence-corrected chi connectivity index (χ1v) is 38.1. The molecule has 7 rings (SSSR count). The van der Waals surface area contributed by atoms with Gasteiger partial charge in [0.1, 0.15) is 42.3 Å². The third-order valence-electron chi connectivity index (χ3n) is 21.1. The van der Waals surface area contributed by atoms with Gasteiger partial charge < -0.3 is 79.1 Å². The molecule has 0 spiro atoms. The number of amides is 7. The van der Waals surface area contributed by atoms with Crippen LogP contribution >= 0.6 is 0 Å². The first-order chi connectivity index (χ1) is 54.0. The third-order valence-corrected chi connectivity index (χ3v) is 21.1. The molecule has 7 N–H and O–H groups in total. The summed E-state index contributed by atoms with van der Waals surface area (Å²) in [6.07, 6.45) is -11.3. The van der Waals surface area contributed by atoms with Crippen LogP contribution in [0.4, 0.5) is 16.2 Å². The Balaban J connectivity index is 1.11. The Labute approximate surface area is 660 Å². The van der Waals surface area contributed by atoms with E-state index in [1.807, 2.05) is 39.0 Å². The molecule has 624 valence electrons. The summed E-state index contributed by atoms with van der Waals surface area (Å²) in [6.45, 7) is 13.8. The highest BCUT2D eigenvalue weighted by atomic mass is 16.7. The smallest absolute Gasteiger partial charge is 0.410 e. The zero-order valence-corrected chi connectivity index (χ0v) is 66.3. The number of hydrogen-bond donors (Lipinski definition) is 7. The van der Waals surface area contributed by atoms with Crippen molar-refractivity contribution >= 4 is 76.4 Å². The molecule has 0 aliphatic carbocycles. The number of aliphatic hydroxyl groups is 4. The number of aliphatic hydroxyl groups excluding tert-OH is 4. The Morgan fingerprint density at radius 1 is 0.798 bits per heavy atom. The zero-order valence-electron chi connectivity index (χ0n) is 66.3. The lowest BCUT2D eigenvalue weighted by Gasteiger charge is -2.41. The number of ketones is 2. The number of ether oxygens (including phenoxy) is 6. The fourth-order valence-corrected chi connectivity index (χ4v) is 14.5. The number of nitro groups is 1. The molecule has 2 saturated heterocycles. The number of carboxylic acids is 2. The molecule has 7 amide bonds. The molecule has 3 aliphatic rings. The number of aromatic nitrogens is 3. The second kappa shape index (κ2) is 42.4. The molecule has 3 aliphatic heterocycles. The number of carbonyl (C=O) groups is 11. The van der Waals surface area contributed by atoms with Crippen LogP contribution in [0.3, 0.4) is 0 Å². The van der Waals surface area contributed by atoms with E-state index >= 15 is 4.79 Å². The van der Waals surface area contributed by atoms with E-state index in [0.717, 1.165) is 34.1 Å². The molecular weight excluding hydrogens is 1490 g/mol. The van der Waals surface area contributed by atoms with Gasteiger partial charge in [0, 0.05) is 97.6 Å². The molecule has 0 bridgehead atoms. The largest absolute Gasteiger partial charge is 0.481 e. The standard InChI is InChI=1S/C79H108N10O25/c1-13-46(6)68(60(109-11)41-64(95)87-32-17-22-55(87)73(110-12)48(8)57(91)37-47(7)69(98)50-19-15-14-16-20-50)83(9)76(103)66(44(2)3)80-75(102)67(45(4)5)84(10)79(106)113-59(51-25-28-58(56(39-51)89(107)108)112-78-72(101)70(99)71(100)74(114-78)77(104)105)40-52-42-86(82-81-52)34-33-85(43-54(90)21-18-35-111-36-31-65(96)97)63(94)38-49-23-26-53(27-24-49)88-61(92)29-30-62(88)93/h14-16,19-20,23-30,39,42,44-48,55,59-60,66-74,78,98-101H,13,17-18,21-22,31-38,40-41,43H2,1-12H3,(H,80,102)(H,96,97)(H,104,105)/t46-,47-,48-,55?,59?,60+,66-,67-,68-,69+,70?,71?,72?,73+,74?,78?/m1/s1. The van der Waals surface area contributed by atoms with Crippen molar-refractivity contribution in [3.63, 3.8) is 0 Å². The van der Waals surface area contributed by atoms with Gasteiger partial charge in [-0.15, -0.1) is 5.10 Å². The Morgan fingerprint density at radius 3 is 2.08 bits per heavy atom. The maximum Gasteiger partial charge on any atom is 0.410 e. The van der Waals surface area contributed by atoms with Crippen LogP contribution in [0.5, 0.6) is 5.75 Å². The highest BCUT2D eigenvalue weighted by molar-refractivity contribution is 6.28. The fraction of sp³-hybridized carbons (Fsp3) is 0.582. The minimum Gasteiger partial charge on any atom is -0.481 e. The van der Waals surface area contributed by atoms with Gasteiger partial charge in [-0.1, -0.05) is 116 Å². The molecule has 3 aromatic carbocycles. The number of likely N-dealkylation sites (N-methyl/N-ethyl adjacent to an activating group) is 2. The molecule has 4 aromatic rings. The lowest BCUT2D eigenvalue weighted by atomic mass is 9.85. The van der Waals surface area contributed by atoms with Crippen LogP contribution in [0.2, 0.25) is 0 Å². The molecule has 4 heterocycles. The maximum absolute atomic E-state index is 15.2. The number of methoxy groups -OCH3 is 2. The highest BCUT2D eigenvalue weighted by Crippen LogP contribution is 2.37. The second-order valence-corrected chi connectivity index (χ2v) is 29.9.